The monoisotopic (exact) mass is 437 g/mol. The summed E-state index contributed by atoms with van der Waals surface area (Å²) in [6, 6.07) is 12.7. The summed E-state index contributed by atoms with van der Waals surface area (Å²) >= 11 is 2.10. The van der Waals surface area contributed by atoms with E-state index < -0.39 is 0 Å². The zero-order valence-corrected chi connectivity index (χ0v) is 15.8. The minimum absolute atomic E-state index is 0.131. The number of amides is 1. The Labute approximate surface area is 155 Å². The molecule has 0 unspecified atom stereocenters. The quantitative estimate of drug-likeness (QED) is 0.413. The van der Waals surface area contributed by atoms with Crippen LogP contribution in [0, 0.1) is 3.57 Å². The highest BCUT2D eigenvalue weighted by Gasteiger charge is 2.08. The van der Waals surface area contributed by atoms with Crippen LogP contribution in [0.15, 0.2) is 47.6 Å². The van der Waals surface area contributed by atoms with Gasteiger partial charge in [-0.05, 0) is 60.7 Å². The molecule has 2 aromatic carbocycles. The minimum atomic E-state index is -0.282. The number of anilines is 1. The van der Waals surface area contributed by atoms with E-state index in [-0.39, 0.29) is 11.7 Å². The first-order valence-electron chi connectivity index (χ1n) is 7.72. The number of rotatable bonds is 6. The third kappa shape index (κ3) is 4.47. The van der Waals surface area contributed by atoms with Gasteiger partial charge in [-0.25, -0.2) is 5.43 Å². The summed E-state index contributed by atoms with van der Waals surface area (Å²) < 4.78 is 0.856. The number of nitrogens with one attached hydrogen (secondary N) is 1. The maximum Gasteiger partial charge on any atom is 0.272 e. The van der Waals surface area contributed by atoms with E-state index in [1.54, 1.807) is 24.3 Å². The van der Waals surface area contributed by atoms with Crippen molar-refractivity contribution in [3.05, 3.63) is 57.2 Å². The average Bonchev–Trinajstić information content (AvgIpc) is 2.58. The van der Waals surface area contributed by atoms with Crippen molar-refractivity contribution in [3.63, 3.8) is 0 Å². The van der Waals surface area contributed by atoms with Crippen molar-refractivity contribution in [2.75, 3.05) is 18.0 Å². The number of benzene rings is 2. The van der Waals surface area contributed by atoms with Crippen molar-refractivity contribution in [2.24, 2.45) is 5.10 Å². The van der Waals surface area contributed by atoms with Crippen LogP contribution in [-0.4, -0.2) is 30.3 Å². The molecule has 24 heavy (non-hydrogen) atoms. The highest BCUT2D eigenvalue weighted by Crippen LogP contribution is 2.23. The van der Waals surface area contributed by atoms with Gasteiger partial charge in [0.2, 0.25) is 0 Å². The minimum Gasteiger partial charge on any atom is -0.507 e. The van der Waals surface area contributed by atoms with E-state index >= 15 is 0 Å². The third-order valence-electron chi connectivity index (χ3n) is 3.63. The van der Waals surface area contributed by atoms with Crippen molar-refractivity contribution in [1.82, 2.24) is 5.43 Å². The fourth-order valence-electron chi connectivity index (χ4n) is 2.29. The number of halogens is 1. The van der Waals surface area contributed by atoms with Crippen LogP contribution in [0.3, 0.4) is 0 Å². The van der Waals surface area contributed by atoms with Gasteiger partial charge in [0.25, 0.3) is 5.91 Å². The lowest BCUT2D eigenvalue weighted by atomic mass is 10.2. The smallest absolute Gasteiger partial charge is 0.272 e. The average molecular weight is 437 g/mol. The van der Waals surface area contributed by atoms with Crippen molar-refractivity contribution >= 4 is 40.4 Å². The van der Waals surface area contributed by atoms with Gasteiger partial charge in [0.15, 0.2) is 0 Å². The molecule has 0 spiro atoms. The number of hydrogen-bond acceptors (Lipinski definition) is 4. The zero-order chi connectivity index (χ0) is 17.5. The Kier molecular flexibility index (Phi) is 6.60. The molecule has 2 rings (SSSR count). The number of phenolic OH excluding ortho intramolecular Hbond substituents is 1. The van der Waals surface area contributed by atoms with Gasteiger partial charge in [-0.15, -0.1) is 0 Å². The van der Waals surface area contributed by atoms with Crippen molar-refractivity contribution in [1.29, 1.82) is 0 Å². The molecule has 0 radical (unpaired) electrons. The Hall–Kier alpha value is -2.09. The fraction of sp³-hybridized carbons (Fsp3) is 0.222. The molecule has 2 aromatic rings. The molecule has 0 saturated heterocycles. The molecule has 0 fully saturated rings. The van der Waals surface area contributed by atoms with Crippen molar-refractivity contribution in [3.8, 4) is 5.75 Å². The van der Waals surface area contributed by atoms with E-state index in [1.165, 1.54) is 6.21 Å². The molecule has 0 bridgehead atoms. The molecular formula is C18H20IN3O2. The Morgan fingerprint density at radius 2 is 1.96 bits per heavy atom. The van der Waals surface area contributed by atoms with Crippen LogP contribution in [0.1, 0.15) is 29.8 Å². The molecule has 0 aliphatic carbocycles. The van der Waals surface area contributed by atoms with Gasteiger partial charge in [-0.3, -0.25) is 4.79 Å². The Balaban J connectivity index is 2.07. The van der Waals surface area contributed by atoms with Gasteiger partial charge in [0, 0.05) is 34.0 Å². The number of hydrazone groups is 1. The molecular weight excluding hydrogens is 417 g/mol. The first kappa shape index (κ1) is 18.3. The number of aromatic hydroxyl groups is 1. The number of hydrogen-bond donors (Lipinski definition) is 2. The fourth-order valence-corrected chi connectivity index (χ4v) is 2.93. The molecule has 5 nitrogen and oxygen atoms in total. The van der Waals surface area contributed by atoms with Crippen LogP contribution in [0.4, 0.5) is 5.69 Å². The molecule has 0 aromatic heterocycles. The van der Waals surface area contributed by atoms with Gasteiger partial charge in [0.05, 0.1) is 11.8 Å². The van der Waals surface area contributed by atoms with Crippen molar-refractivity contribution in [2.45, 2.75) is 13.8 Å². The van der Waals surface area contributed by atoms with Gasteiger partial charge in [0.1, 0.15) is 5.75 Å². The number of carbonyl (C=O) groups excluding carboxylic acids is 1. The Morgan fingerprint density at radius 3 is 2.58 bits per heavy atom. The predicted molar refractivity (Wildman–Crippen MR) is 106 cm³/mol. The van der Waals surface area contributed by atoms with Gasteiger partial charge in [-0.2, -0.15) is 5.10 Å². The Bertz CT molecular complexity index is 743. The molecule has 1 amide bonds. The van der Waals surface area contributed by atoms with Gasteiger partial charge < -0.3 is 10.0 Å². The first-order valence-corrected chi connectivity index (χ1v) is 8.80. The molecule has 0 saturated carbocycles. The molecule has 6 heteroatoms. The largest absolute Gasteiger partial charge is 0.507 e. The summed E-state index contributed by atoms with van der Waals surface area (Å²) in [5.74, 6) is -0.151. The predicted octanol–water partition coefficient (Wildman–Crippen LogP) is 3.61. The standard InChI is InChI=1S/C18H20IN3O2/c1-3-22(4-2)14-10-9-13(17(23)11-14)12-20-21-18(24)15-7-5-6-8-16(15)19/h5-12,23H,3-4H2,1-2H3,(H,21,24)/b20-12-. The van der Waals surface area contributed by atoms with E-state index in [0.29, 0.717) is 11.1 Å². The molecule has 2 N–H and O–H groups in total. The summed E-state index contributed by atoms with van der Waals surface area (Å²) in [4.78, 5) is 14.2. The topological polar surface area (TPSA) is 64.9 Å². The molecule has 0 atom stereocenters. The van der Waals surface area contributed by atoms with E-state index in [0.717, 1.165) is 22.3 Å². The second-order valence-electron chi connectivity index (χ2n) is 5.09. The second-order valence-corrected chi connectivity index (χ2v) is 6.26. The normalized spacial score (nSPS) is 10.8. The summed E-state index contributed by atoms with van der Waals surface area (Å²) in [6.45, 7) is 5.87. The third-order valence-corrected chi connectivity index (χ3v) is 4.57. The highest BCUT2D eigenvalue weighted by molar-refractivity contribution is 14.1. The Morgan fingerprint density at radius 1 is 1.25 bits per heavy atom. The SMILES string of the molecule is CCN(CC)c1ccc(/C=N\NC(=O)c2ccccc2I)c(O)c1. The highest BCUT2D eigenvalue weighted by atomic mass is 127. The maximum absolute atomic E-state index is 12.1. The molecule has 0 aliphatic rings. The second kappa shape index (κ2) is 8.68. The zero-order valence-electron chi connectivity index (χ0n) is 13.7. The molecule has 0 aliphatic heterocycles. The lowest BCUT2D eigenvalue weighted by Gasteiger charge is -2.21. The van der Waals surface area contributed by atoms with E-state index in [4.69, 9.17) is 0 Å². The van der Waals surface area contributed by atoms with Crippen LogP contribution >= 0.6 is 22.6 Å². The van der Waals surface area contributed by atoms with Crippen LogP contribution in [-0.2, 0) is 0 Å². The van der Waals surface area contributed by atoms with E-state index in [2.05, 4.69) is 51.9 Å². The van der Waals surface area contributed by atoms with Crippen LogP contribution in [0.5, 0.6) is 5.75 Å². The van der Waals surface area contributed by atoms with E-state index in [9.17, 15) is 9.90 Å². The first-order chi connectivity index (χ1) is 11.6. The molecule has 126 valence electrons. The summed E-state index contributed by atoms with van der Waals surface area (Å²) in [5.41, 5.74) is 4.55. The summed E-state index contributed by atoms with van der Waals surface area (Å²) in [7, 11) is 0. The van der Waals surface area contributed by atoms with Crippen LogP contribution < -0.4 is 10.3 Å². The lowest BCUT2D eigenvalue weighted by molar-refractivity contribution is 0.0954. The van der Waals surface area contributed by atoms with Crippen LogP contribution in [0.25, 0.3) is 0 Å². The van der Waals surface area contributed by atoms with Gasteiger partial charge >= 0.3 is 0 Å². The summed E-state index contributed by atoms with van der Waals surface area (Å²) in [6.07, 6.45) is 1.44. The summed E-state index contributed by atoms with van der Waals surface area (Å²) in [5, 5.41) is 14.1. The maximum atomic E-state index is 12.1. The van der Waals surface area contributed by atoms with E-state index in [1.807, 2.05) is 18.2 Å². The number of phenols is 1. The van der Waals surface area contributed by atoms with Crippen LogP contribution in [0.2, 0.25) is 0 Å². The van der Waals surface area contributed by atoms with Gasteiger partial charge in [-0.1, -0.05) is 12.1 Å². The van der Waals surface area contributed by atoms with Crippen molar-refractivity contribution < 1.29 is 9.90 Å². The number of carbonyl (C=O) groups is 1. The molecule has 0 heterocycles. The number of nitrogens with zero attached hydrogens (tertiary/aromatic N) is 2. The lowest BCUT2D eigenvalue weighted by Crippen LogP contribution is -2.21.